The average molecular weight is 188 g/mol. The maximum atomic E-state index is 8.46. The maximum Gasteiger partial charge on any atom is 0.146 e. The van der Waals surface area contributed by atoms with Crippen molar-refractivity contribution in [1.29, 1.82) is 0 Å². The molecule has 0 bridgehead atoms. The molecule has 0 rings (SSSR count). The first-order valence-electron chi connectivity index (χ1n) is 4.67. The lowest BCUT2D eigenvalue weighted by molar-refractivity contribution is -0.0677. The second-order valence-electron chi connectivity index (χ2n) is 2.97. The van der Waals surface area contributed by atoms with Gasteiger partial charge < -0.3 is 14.6 Å². The molecular formula is C10H20O3. The van der Waals surface area contributed by atoms with Gasteiger partial charge in [0.1, 0.15) is 6.79 Å². The Morgan fingerprint density at radius 2 is 2.15 bits per heavy atom. The maximum absolute atomic E-state index is 8.46. The summed E-state index contributed by atoms with van der Waals surface area (Å²) in [5, 5.41) is 8.46. The number of hydrogen-bond acceptors (Lipinski definition) is 3. The van der Waals surface area contributed by atoms with Crippen LogP contribution < -0.4 is 0 Å². The Balaban J connectivity index is 3.16. The second kappa shape index (κ2) is 9.71. The largest absolute Gasteiger partial charge is 0.392 e. The molecule has 0 aromatic heterocycles. The molecule has 0 saturated carbocycles. The predicted molar refractivity (Wildman–Crippen MR) is 52.5 cm³/mol. The van der Waals surface area contributed by atoms with Gasteiger partial charge in [0.05, 0.1) is 12.7 Å². The molecule has 3 nitrogen and oxygen atoms in total. The van der Waals surface area contributed by atoms with Gasteiger partial charge in [-0.2, -0.15) is 0 Å². The smallest absolute Gasteiger partial charge is 0.146 e. The summed E-state index contributed by atoms with van der Waals surface area (Å²) in [4.78, 5) is 0. The van der Waals surface area contributed by atoms with Crippen LogP contribution in [0.15, 0.2) is 12.2 Å². The first kappa shape index (κ1) is 12.6. The Morgan fingerprint density at radius 3 is 2.77 bits per heavy atom. The molecule has 1 N–H and O–H groups in total. The standard InChI is InChI=1S/C10H20O3/c1-10(13-9-12-2)7-5-3-4-6-8-11/h4,6,10-11H,3,5,7-9H2,1-2H3/b6-4+/t10-/m1/s1. The molecule has 0 amide bonds. The zero-order valence-electron chi connectivity index (χ0n) is 8.53. The van der Waals surface area contributed by atoms with Gasteiger partial charge in [-0.25, -0.2) is 0 Å². The minimum absolute atomic E-state index is 0.135. The quantitative estimate of drug-likeness (QED) is 0.358. The number of aliphatic hydroxyl groups is 1. The normalized spacial score (nSPS) is 13.8. The molecular weight excluding hydrogens is 168 g/mol. The summed E-state index contributed by atoms with van der Waals surface area (Å²) < 4.78 is 10.1. The molecule has 1 atom stereocenters. The van der Waals surface area contributed by atoms with Gasteiger partial charge in [-0.1, -0.05) is 12.2 Å². The summed E-state index contributed by atoms with van der Waals surface area (Å²) in [6, 6.07) is 0. The molecule has 0 unspecified atom stereocenters. The van der Waals surface area contributed by atoms with Crippen molar-refractivity contribution in [3.63, 3.8) is 0 Å². The first-order valence-corrected chi connectivity index (χ1v) is 4.67. The Labute approximate surface area is 80.4 Å². The summed E-state index contributed by atoms with van der Waals surface area (Å²) in [7, 11) is 1.62. The molecule has 0 aliphatic heterocycles. The van der Waals surface area contributed by atoms with Crippen molar-refractivity contribution in [2.45, 2.75) is 32.3 Å². The Kier molecular flexibility index (Phi) is 9.42. The van der Waals surface area contributed by atoms with Crippen LogP contribution in [0.2, 0.25) is 0 Å². The third kappa shape index (κ3) is 9.53. The molecule has 0 radical (unpaired) electrons. The van der Waals surface area contributed by atoms with Crippen molar-refractivity contribution in [3.05, 3.63) is 12.2 Å². The third-order valence-corrected chi connectivity index (χ3v) is 1.72. The number of unbranched alkanes of at least 4 members (excludes halogenated alkanes) is 1. The molecule has 0 saturated heterocycles. The third-order valence-electron chi connectivity index (χ3n) is 1.72. The van der Waals surface area contributed by atoms with E-state index in [1.54, 1.807) is 13.2 Å². The van der Waals surface area contributed by atoms with E-state index < -0.39 is 0 Å². The van der Waals surface area contributed by atoms with Gasteiger partial charge in [0, 0.05) is 7.11 Å². The summed E-state index contributed by atoms with van der Waals surface area (Å²) in [5.74, 6) is 0. The van der Waals surface area contributed by atoms with E-state index in [9.17, 15) is 0 Å². The van der Waals surface area contributed by atoms with E-state index in [4.69, 9.17) is 14.6 Å². The summed E-state index contributed by atoms with van der Waals surface area (Å²) >= 11 is 0. The molecule has 3 heteroatoms. The van der Waals surface area contributed by atoms with Crippen LogP contribution >= 0.6 is 0 Å². The number of allylic oxidation sites excluding steroid dienone is 1. The molecule has 0 aromatic rings. The fourth-order valence-corrected chi connectivity index (χ4v) is 0.983. The Bertz CT molecular complexity index is 123. The lowest BCUT2D eigenvalue weighted by atomic mass is 10.1. The van der Waals surface area contributed by atoms with Crippen LogP contribution in [0.4, 0.5) is 0 Å². The molecule has 0 spiro atoms. The lowest BCUT2D eigenvalue weighted by Gasteiger charge is -2.10. The highest BCUT2D eigenvalue weighted by Crippen LogP contribution is 2.04. The van der Waals surface area contributed by atoms with Crippen LogP contribution in [0.5, 0.6) is 0 Å². The first-order chi connectivity index (χ1) is 6.31. The van der Waals surface area contributed by atoms with Gasteiger partial charge in [-0.05, 0) is 26.2 Å². The fourth-order valence-electron chi connectivity index (χ4n) is 0.983. The topological polar surface area (TPSA) is 38.7 Å². The summed E-state index contributed by atoms with van der Waals surface area (Å²) in [5.41, 5.74) is 0. The summed E-state index contributed by atoms with van der Waals surface area (Å²) in [6.07, 6.45) is 7.12. The molecule has 78 valence electrons. The van der Waals surface area contributed by atoms with Crippen molar-refractivity contribution < 1.29 is 14.6 Å². The van der Waals surface area contributed by atoms with Crippen LogP contribution in [0.1, 0.15) is 26.2 Å². The minimum Gasteiger partial charge on any atom is -0.392 e. The lowest BCUT2D eigenvalue weighted by Crippen LogP contribution is -2.09. The Morgan fingerprint density at radius 1 is 1.38 bits per heavy atom. The van der Waals surface area contributed by atoms with E-state index in [-0.39, 0.29) is 12.7 Å². The Hall–Kier alpha value is -0.380. The number of hydrogen-bond donors (Lipinski definition) is 1. The van der Waals surface area contributed by atoms with Crippen molar-refractivity contribution in [3.8, 4) is 0 Å². The van der Waals surface area contributed by atoms with Crippen LogP contribution in [0.3, 0.4) is 0 Å². The monoisotopic (exact) mass is 188 g/mol. The zero-order valence-corrected chi connectivity index (χ0v) is 8.53. The summed E-state index contributed by atoms with van der Waals surface area (Å²) in [6.45, 7) is 2.54. The van der Waals surface area contributed by atoms with Crippen LogP contribution in [0.25, 0.3) is 0 Å². The van der Waals surface area contributed by atoms with E-state index in [0.29, 0.717) is 6.79 Å². The van der Waals surface area contributed by atoms with E-state index >= 15 is 0 Å². The van der Waals surface area contributed by atoms with E-state index in [1.807, 2.05) is 13.0 Å². The van der Waals surface area contributed by atoms with Crippen molar-refractivity contribution in [1.82, 2.24) is 0 Å². The van der Waals surface area contributed by atoms with Crippen molar-refractivity contribution >= 4 is 0 Å². The molecule has 13 heavy (non-hydrogen) atoms. The van der Waals surface area contributed by atoms with Gasteiger partial charge >= 0.3 is 0 Å². The number of methoxy groups -OCH3 is 1. The van der Waals surface area contributed by atoms with E-state index in [1.165, 1.54) is 0 Å². The van der Waals surface area contributed by atoms with Gasteiger partial charge in [-0.3, -0.25) is 0 Å². The fraction of sp³-hybridized carbons (Fsp3) is 0.800. The molecule has 0 heterocycles. The number of aliphatic hydroxyl groups excluding tert-OH is 1. The van der Waals surface area contributed by atoms with Gasteiger partial charge in [0.2, 0.25) is 0 Å². The van der Waals surface area contributed by atoms with Crippen LogP contribution in [-0.4, -0.2) is 31.7 Å². The minimum atomic E-state index is 0.135. The molecule has 0 aliphatic carbocycles. The van der Waals surface area contributed by atoms with Crippen molar-refractivity contribution in [2.75, 3.05) is 20.5 Å². The predicted octanol–water partition coefficient (Wildman–Crippen LogP) is 1.71. The molecule has 0 aromatic carbocycles. The van der Waals surface area contributed by atoms with Crippen molar-refractivity contribution in [2.24, 2.45) is 0 Å². The van der Waals surface area contributed by atoms with Gasteiger partial charge in [-0.15, -0.1) is 0 Å². The highest BCUT2D eigenvalue weighted by atomic mass is 16.7. The van der Waals surface area contributed by atoms with E-state index in [0.717, 1.165) is 19.3 Å². The second-order valence-corrected chi connectivity index (χ2v) is 2.97. The number of ether oxygens (including phenoxy) is 2. The molecule has 0 fully saturated rings. The van der Waals surface area contributed by atoms with Gasteiger partial charge in [0.15, 0.2) is 0 Å². The SMILES string of the molecule is COCO[C@H](C)CCC/C=C/CO. The van der Waals surface area contributed by atoms with Crippen LogP contribution in [-0.2, 0) is 9.47 Å². The zero-order chi connectivity index (χ0) is 9.94. The average Bonchev–Trinajstić information content (AvgIpc) is 2.14. The van der Waals surface area contributed by atoms with E-state index in [2.05, 4.69) is 0 Å². The highest BCUT2D eigenvalue weighted by Gasteiger charge is 1.99. The highest BCUT2D eigenvalue weighted by molar-refractivity contribution is 4.80. The molecule has 0 aliphatic rings. The number of rotatable bonds is 8. The van der Waals surface area contributed by atoms with Gasteiger partial charge in [0.25, 0.3) is 0 Å². The van der Waals surface area contributed by atoms with Crippen LogP contribution in [0, 0.1) is 0 Å².